The summed E-state index contributed by atoms with van der Waals surface area (Å²) < 4.78 is 11.0. The van der Waals surface area contributed by atoms with E-state index in [1.54, 1.807) is 0 Å². The van der Waals surface area contributed by atoms with E-state index < -0.39 is 0 Å². The van der Waals surface area contributed by atoms with Crippen LogP contribution in [0.5, 0.6) is 11.5 Å². The number of unbranched alkanes of at least 4 members (excludes halogenated alkanes) is 1. The van der Waals surface area contributed by atoms with Crippen molar-refractivity contribution >= 4 is 17.2 Å². The fourth-order valence-electron chi connectivity index (χ4n) is 4.59. The Hall–Kier alpha value is -2.05. The Kier molecular flexibility index (Phi) is 7.18. The van der Waals surface area contributed by atoms with Crippen molar-refractivity contribution in [3.05, 3.63) is 44.6 Å². The van der Waals surface area contributed by atoms with Crippen molar-refractivity contribution in [1.82, 2.24) is 9.80 Å². The fraction of sp³-hybridized carbons (Fsp3) is 0.560. The van der Waals surface area contributed by atoms with Crippen LogP contribution in [0.25, 0.3) is 0 Å². The molecule has 0 saturated heterocycles. The number of fused-ring (bicyclic) bond motifs is 2. The zero-order valence-corrected chi connectivity index (χ0v) is 19.9. The number of carbonyl (C=O) groups is 1. The molecule has 0 bridgehead atoms. The molecule has 5 nitrogen and oxygen atoms in total. The van der Waals surface area contributed by atoms with E-state index in [4.69, 9.17) is 9.47 Å². The van der Waals surface area contributed by atoms with Gasteiger partial charge < -0.3 is 19.3 Å². The van der Waals surface area contributed by atoms with Gasteiger partial charge in [-0.05, 0) is 101 Å². The number of thiophene rings is 1. The standard InChI is InChI=1S/C25H34N2O3S/c1-18-13-20(19(2)31-18)7-4-5-9-26(3)10-6-11-27-12-8-21-14-23-24(30-17-29-23)15-22(21)16-25(27)28/h13-15H,4-12,16-17H2,1-3H3. The highest BCUT2D eigenvalue weighted by Crippen LogP contribution is 2.36. The number of nitrogens with zero attached hydrogens (tertiary/aromatic N) is 2. The summed E-state index contributed by atoms with van der Waals surface area (Å²) in [5, 5.41) is 0. The van der Waals surface area contributed by atoms with Gasteiger partial charge in [0.1, 0.15) is 0 Å². The van der Waals surface area contributed by atoms with Gasteiger partial charge in [-0.3, -0.25) is 4.79 Å². The molecule has 4 rings (SSSR count). The highest BCUT2D eigenvalue weighted by molar-refractivity contribution is 7.12. The minimum atomic E-state index is 0.224. The zero-order chi connectivity index (χ0) is 21.8. The van der Waals surface area contributed by atoms with E-state index >= 15 is 0 Å². The molecule has 6 heteroatoms. The van der Waals surface area contributed by atoms with E-state index in [-0.39, 0.29) is 12.7 Å². The van der Waals surface area contributed by atoms with E-state index in [0.717, 1.165) is 56.1 Å². The van der Waals surface area contributed by atoms with Gasteiger partial charge in [0.2, 0.25) is 12.7 Å². The molecule has 31 heavy (non-hydrogen) atoms. The topological polar surface area (TPSA) is 42.0 Å². The van der Waals surface area contributed by atoms with Crippen LogP contribution in [0.1, 0.15) is 45.7 Å². The third kappa shape index (κ3) is 5.60. The molecule has 1 aromatic carbocycles. The van der Waals surface area contributed by atoms with Crippen molar-refractivity contribution < 1.29 is 14.3 Å². The predicted molar refractivity (Wildman–Crippen MR) is 125 cm³/mol. The maximum Gasteiger partial charge on any atom is 0.231 e. The van der Waals surface area contributed by atoms with Gasteiger partial charge in [-0.2, -0.15) is 0 Å². The molecule has 0 aliphatic carbocycles. The summed E-state index contributed by atoms with van der Waals surface area (Å²) >= 11 is 1.91. The molecule has 0 fully saturated rings. The Bertz CT molecular complexity index is 924. The van der Waals surface area contributed by atoms with Crippen LogP contribution < -0.4 is 9.47 Å². The van der Waals surface area contributed by atoms with Gasteiger partial charge in [0.25, 0.3) is 0 Å². The minimum Gasteiger partial charge on any atom is -0.454 e. The largest absolute Gasteiger partial charge is 0.454 e. The van der Waals surface area contributed by atoms with Crippen LogP contribution in [-0.4, -0.2) is 55.7 Å². The summed E-state index contributed by atoms with van der Waals surface area (Å²) in [6.07, 6.45) is 6.01. The second kappa shape index (κ2) is 10.0. The Balaban J connectivity index is 1.16. The third-order valence-corrected chi connectivity index (χ3v) is 7.40. The lowest BCUT2D eigenvalue weighted by Crippen LogP contribution is -2.35. The summed E-state index contributed by atoms with van der Waals surface area (Å²) in [6, 6.07) is 6.39. The van der Waals surface area contributed by atoms with Crippen LogP contribution in [0.4, 0.5) is 0 Å². The highest BCUT2D eigenvalue weighted by Gasteiger charge is 2.24. The van der Waals surface area contributed by atoms with E-state index in [2.05, 4.69) is 37.9 Å². The number of amides is 1. The summed E-state index contributed by atoms with van der Waals surface area (Å²) in [6.45, 7) is 8.47. The molecular formula is C25H34N2O3S. The SMILES string of the molecule is Cc1cc(CCCCN(C)CCCN2CCc3cc4c(cc3CC2=O)OCO4)c(C)s1. The van der Waals surface area contributed by atoms with Crippen molar-refractivity contribution in [1.29, 1.82) is 0 Å². The van der Waals surface area contributed by atoms with Gasteiger partial charge in [0.05, 0.1) is 6.42 Å². The lowest BCUT2D eigenvalue weighted by molar-refractivity contribution is -0.130. The van der Waals surface area contributed by atoms with Crippen molar-refractivity contribution in [2.24, 2.45) is 0 Å². The molecule has 168 valence electrons. The molecule has 0 saturated carbocycles. The van der Waals surface area contributed by atoms with Crippen LogP contribution in [0.3, 0.4) is 0 Å². The zero-order valence-electron chi connectivity index (χ0n) is 19.0. The maximum atomic E-state index is 12.8. The first-order valence-electron chi connectivity index (χ1n) is 11.4. The Morgan fingerprint density at radius 1 is 1.03 bits per heavy atom. The van der Waals surface area contributed by atoms with Crippen molar-refractivity contribution in [2.45, 2.75) is 52.4 Å². The lowest BCUT2D eigenvalue weighted by Gasteiger charge is -2.22. The van der Waals surface area contributed by atoms with Crippen molar-refractivity contribution in [3.63, 3.8) is 0 Å². The van der Waals surface area contributed by atoms with E-state index in [0.29, 0.717) is 6.42 Å². The van der Waals surface area contributed by atoms with Gasteiger partial charge in [-0.15, -0.1) is 11.3 Å². The predicted octanol–water partition coefficient (Wildman–Crippen LogP) is 4.37. The first kappa shape index (κ1) is 22.2. The monoisotopic (exact) mass is 442 g/mol. The van der Waals surface area contributed by atoms with Gasteiger partial charge in [0, 0.05) is 22.8 Å². The molecular weight excluding hydrogens is 408 g/mol. The smallest absolute Gasteiger partial charge is 0.231 e. The lowest BCUT2D eigenvalue weighted by atomic mass is 10.0. The van der Waals surface area contributed by atoms with Gasteiger partial charge in [0.15, 0.2) is 11.5 Å². The van der Waals surface area contributed by atoms with Crippen LogP contribution in [0.15, 0.2) is 18.2 Å². The number of hydrogen-bond donors (Lipinski definition) is 0. The normalized spacial score (nSPS) is 15.5. The number of aryl methyl sites for hydroxylation is 3. The summed E-state index contributed by atoms with van der Waals surface area (Å²) in [5.74, 6) is 1.80. The molecule has 0 atom stereocenters. The van der Waals surface area contributed by atoms with E-state index in [9.17, 15) is 4.79 Å². The number of carbonyl (C=O) groups excluding carboxylic acids is 1. The van der Waals surface area contributed by atoms with Crippen LogP contribution in [0.2, 0.25) is 0 Å². The van der Waals surface area contributed by atoms with Crippen LogP contribution in [-0.2, 0) is 24.1 Å². The van der Waals surface area contributed by atoms with Crippen molar-refractivity contribution in [2.75, 3.05) is 40.0 Å². The first-order chi connectivity index (χ1) is 15.0. The third-order valence-electron chi connectivity index (χ3n) is 6.39. The van der Waals surface area contributed by atoms with E-state index in [1.165, 1.54) is 40.1 Å². The molecule has 2 aliphatic rings. The highest BCUT2D eigenvalue weighted by atomic mass is 32.1. The van der Waals surface area contributed by atoms with Crippen LogP contribution in [0, 0.1) is 13.8 Å². The minimum absolute atomic E-state index is 0.224. The summed E-state index contributed by atoms with van der Waals surface area (Å²) in [5.41, 5.74) is 3.83. The number of rotatable bonds is 9. The molecule has 0 N–H and O–H groups in total. The van der Waals surface area contributed by atoms with Crippen molar-refractivity contribution in [3.8, 4) is 11.5 Å². The molecule has 0 unspecified atom stereocenters. The molecule has 0 spiro atoms. The van der Waals surface area contributed by atoms with Crippen LogP contribution >= 0.6 is 11.3 Å². The molecule has 2 aromatic rings. The quantitative estimate of drug-likeness (QED) is 0.541. The Labute approximate surface area is 189 Å². The molecule has 1 amide bonds. The van der Waals surface area contributed by atoms with Gasteiger partial charge in [-0.25, -0.2) is 0 Å². The molecule has 2 aliphatic heterocycles. The Morgan fingerprint density at radius 2 is 1.77 bits per heavy atom. The van der Waals surface area contributed by atoms with E-state index in [1.807, 2.05) is 22.3 Å². The molecule has 3 heterocycles. The molecule has 0 radical (unpaired) electrons. The number of hydrogen-bond acceptors (Lipinski definition) is 5. The average molecular weight is 443 g/mol. The summed E-state index contributed by atoms with van der Waals surface area (Å²) in [7, 11) is 2.20. The number of ether oxygens (including phenoxy) is 2. The first-order valence-corrected chi connectivity index (χ1v) is 12.2. The van der Waals surface area contributed by atoms with Gasteiger partial charge >= 0.3 is 0 Å². The average Bonchev–Trinajstić information content (AvgIpc) is 3.27. The Morgan fingerprint density at radius 3 is 2.52 bits per heavy atom. The fourth-order valence-corrected chi connectivity index (χ4v) is 5.56. The second-order valence-electron chi connectivity index (χ2n) is 8.83. The number of benzene rings is 1. The maximum absolute atomic E-state index is 12.8. The van der Waals surface area contributed by atoms with Gasteiger partial charge in [-0.1, -0.05) is 0 Å². The second-order valence-corrected chi connectivity index (χ2v) is 10.3. The molecule has 1 aromatic heterocycles. The summed E-state index contributed by atoms with van der Waals surface area (Å²) in [4.78, 5) is 20.1.